The number of nitriles is 1. The SMILES string of the molecule is Cn1cc(-c2cc(C3(C#N)CC3)ccc2Oc2c(F)cncc2F)c2ccsc2c1=O. The maximum Gasteiger partial charge on any atom is 0.268 e. The van der Waals surface area contributed by atoms with E-state index in [1.54, 1.807) is 25.4 Å². The number of fused-ring (bicyclic) bond motifs is 1. The van der Waals surface area contributed by atoms with Crippen LogP contribution in [0.4, 0.5) is 8.78 Å². The molecule has 4 aromatic rings. The molecule has 8 heteroatoms. The number of rotatable bonds is 4. The van der Waals surface area contributed by atoms with Gasteiger partial charge < -0.3 is 9.30 Å². The lowest BCUT2D eigenvalue weighted by Crippen LogP contribution is -2.15. The van der Waals surface area contributed by atoms with Gasteiger partial charge in [0.2, 0.25) is 5.75 Å². The first-order valence-corrected chi connectivity index (χ1v) is 10.4. The third-order valence-electron chi connectivity index (χ3n) is 5.60. The molecule has 0 bridgehead atoms. The number of halogens is 2. The summed E-state index contributed by atoms with van der Waals surface area (Å²) in [4.78, 5) is 16.0. The van der Waals surface area contributed by atoms with Crippen LogP contribution in [0.2, 0.25) is 0 Å². The van der Waals surface area contributed by atoms with Crippen LogP contribution in [0.25, 0.3) is 21.2 Å². The number of hydrogen-bond donors (Lipinski definition) is 0. The smallest absolute Gasteiger partial charge is 0.268 e. The summed E-state index contributed by atoms with van der Waals surface area (Å²) in [5, 5.41) is 12.2. The molecule has 31 heavy (non-hydrogen) atoms. The zero-order valence-corrected chi connectivity index (χ0v) is 17.2. The highest BCUT2D eigenvalue weighted by Crippen LogP contribution is 2.50. The largest absolute Gasteiger partial charge is 0.450 e. The Labute approximate surface area is 179 Å². The van der Waals surface area contributed by atoms with Gasteiger partial charge in [0.1, 0.15) is 10.4 Å². The molecule has 5 nitrogen and oxygen atoms in total. The van der Waals surface area contributed by atoms with E-state index in [-0.39, 0.29) is 11.3 Å². The average molecular weight is 435 g/mol. The second kappa shape index (κ2) is 7.00. The fourth-order valence-corrected chi connectivity index (χ4v) is 4.60. The van der Waals surface area contributed by atoms with Crippen LogP contribution in [0.3, 0.4) is 0 Å². The Morgan fingerprint density at radius 2 is 1.94 bits per heavy atom. The Bertz CT molecular complexity index is 1430. The Kier molecular flexibility index (Phi) is 4.38. The number of nitrogens with zero attached hydrogens (tertiary/aromatic N) is 3. The Balaban J connectivity index is 1.76. The van der Waals surface area contributed by atoms with Crippen LogP contribution in [0.15, 0.2) is 53.0 Å². The van der Waals surface area contributed by atoms with E-state index in [9.17, 15) is 18.8 Å². The standard InChI is InChI=1S/C23H15F2N3O2S/c1-28-11-16(14-4-7-31-21(14)22(28)29)15-8-13(23(12-26)5-6-23)2-3-19(15)30-20-17(24)9-27-10-18(20)25/h2-4,7-11H,5-6H2,1H3. The number of pyridine rings is 2. The Morgan fingerprint density at radius 3 is 2.61 bits per heavy atom. The van der Waals surface area contributed by atoms with Crippen molar-refractivity contribution in [2.24, 2.45) is 7.05 Å². The quantitative estimate of drug-likeness (QED) is 0.437. The van der Waals surface area contributed by atoms with Crippen LogP contribution in [0, 0.1) is 23.0 Å². The zero-order valence-electron chi connectivity index (χ0n) is 16.4. The van der Waals surface area contributed by atoms with Crippen LogP contribution >= 0.6 is 11.3 Å². The number of ether oxygens (including phenoxy) is 1. The molecule has 1 saturated carbocycles. The summed E-state index contributed by atoms with van der Waals surface area (Å²) < 4.78 is 36.1. The molecule has 1 aliphatic rings. The summed E-state index contributed by atoms with van der Waals surface area (Å²) in [6.07, 6.45) is 4.93. The fraction of sp³-hybridized carbons (Fsp3) is 0.174. The molecule has 0 radical (unpaired) electrons. The molecular weight excluding hydrogens is 420 g/mol. The molecular formula is C23H15F2N3O2S. The summed E-state index contributed by atoms with van der Waals surface area (Å²) in [5.41, 5.74) is 1.35. The Morgan fingerprint density at radius 1 is 1.19 bits per heavy atom. The minimum absolute atomic E-state index is 0.130. The van der Waals surface area contributed by atoms with Crippen molar-refractivity contribution >= 4 is 21.4 Å². The molecule has 154 valence electrons. The van der Waals surface area contributed by atoms with Crippen molar-refractivity contribution < 1.29 is 13.5 Å². The van der Waals surface area contributed by atoms with E-state index in [1.807, 2.05) is 17.5 Å². The van der Waals surface area contributed by atoms with Gasteiger partial charge in [0.05, 0.1) is 23.9 Å². The van der Waals surface area contributed by atoms with Crippen LogP contribution < -0.4 is 10.3 Å². The Hall–Kier alpha value is -3.57. The predicted molar refractivity (Wildman–Crippen MR) is 113 cm³/mol. The van der Waals surface area contributed by atoms with E-state index in [4.69, 9.17) is 4.74 Å². The fourth-order valence-electron chi connectivity index (χ4n) is 3.71. The number of aryl methyl sites for hydroxylation is 1. The first-order valence-electron chi connectivity index (χ1n) is 9.53. The van der Waals surface area contributed by atoms with Gasteiger partial charge in [0.25, 0.3) is 5.56 Å². The molecule has 0 N–H and O–H groups in total. The van der Waals surface area contributed by atoms with Crippen LogP contribution in [-0.2, 0) is 12.5 Å². The topological polar surface area (TPSA) is 67.9 Å². The van der Waals surface area contributed by atoms with Crippen molar-refractivity contribution in [1.29, 1.82) is 5.26 Å². The van der Waals surface area contributed by atoms with E-state index in [0.717, 1.165) is 30.8 Å². The molecule has 0 atom stereocenters. The van der Waals surface area contributed by atoms with E-state index in [1.165, 1.54) is 15.9 Å². The summed E-state index contributed by atoms with van der Waals surface area (Å²) in [6, 6.07) is 9.38. The maximum atomic E-state index is 14.2. The highest BCUT2D eigenvalue weighted by Gasteiger charge is 2.45. The summed E-state index contributed by atoms with van der Waals surface area (Å²) >= 11 is 1.32. The van der Waals surface area contributed by atoms with Gasteiger partial charge in [-0.05, 0) is 42.0 Å². The van der Waals surface area contributed by atoms with Crippen molar-refractivity contribution in [3.63, 3.8) is 0 Å². The van der Waals surface area contributed by atoms with Crippen LogP contribution in [0.5, 0.6) is 11.5 Å². The van der Waals surface area contributed by atoms with Gasteiger partial charge in [-0.2, -0.15) is 5.26 Å². The lowest BCUT2D eigenvalue weighted by molar-refractivity contribution is 0.405. The monoisotopic (exact) mass is 435 g/mol. The normalized spacial score (nSPS) is 14.4. The highest BCUT2D eigenvalue weighted by molar-refractivity contribution is 7.17. The van der Waals surface area contributed by atoms with Crippen molar-refractivity contribution in [2.75, 3.05) is 0 Å². The van der Waals surface area contributed by atoms with Gasteiger partial charge in [0, 0.05) is 29.8 Å². The molecule has 0 amide bonds. The van der Waals surface area contributed by atoms with Crippen molar-refractivity contribution in [3.05, 3.63) is 75.8 Å². The zero-order chi connectivity index (χ0) is 21.8. The summed E-state index contributed by atoms with van der Waals surface area (Å²) in [6.45, 7) is 0. The van der Waals surface area contributed by atoms with Crippen LogP contribution in [0.1, 0.15) is 18.4 Å². The van der Waals surface area contributed by atoms with Gasteiger partial charge in [-0.15, -0.1) is 11.3 Å². The minimum Gasteiger partial charge on any atom is -0.450 e. The van der Waals surface area contributed by atoms with Gasteiger partial charge >= 0.3 is 0 Å². The van der Waals surface area contributed by atoms with Gasteiger partial charge in [0.15, 0.2) is 11.6 Å². The lowest BCUT2D eigenvalue weighted by atomic mass is 9.92. The van der Waals surface area contributed by atoms with Gasteiger partial charge in [-0.3, -0.25) is 9.78 Å². The maximum absolute atomic E-state index is 14.2. The molecule has 1 aliphatic carbocycles. The second-order valence-corrected chi connectivity index (χ2v) is 8.48. The van der Waals surface area contributed by atoms with Gasteiger partial charge in [-0.1, -0.05) is 6.07 Å². The molecule has 1 fully saturated rings. The van der Waals surface area contributed by atoms with E-state index in [0.29, 0.717) is 21.2 Å². The lowest BCUT2D eigenvalue weighted by Gasteiger charge is -2.17. The third kappa shape index (κ3) is 3.09. The molecule has 0 aliphatic heterocycles. The van der Waals surface area contributed by atoms with E-state index < -0.39 is 22.8 Å². The molecule has 5 rings (SSSR count). The predicted octanol–water partition coefficient (Wildman–Crippen LogP) is 5.29. The summed E-state index contributed by atoms with van der Waals surface area (Å²) in [7, 11) is 1.65. The molecule has 0 unspecified atom stereocenters. The first kappa shape index (κ1) is 19.4. The number of thiophene rings is 1. The second-order valence-electron chi connectivity index (χ2n) is 7.56. The van der Waals surface area contributed by atoms with E-state index in [2.05, 4.69) is 11.1 Å². The minimum atomic E-state index is -0.924. The number of aromatic nitrogens is 2. The first-order chi connectivity index (χ1) is 14.9. The highest BCUT2D eigenvalue weighted by atomic mass is 32.1. The van der Waals surface area contributed by atoms with Gasteiger partial charge in [-0.25, -0.2) is 8.78 Å². The molecule has 3 aromatic heterocycles. The molecule has 0 saturated heterocycles. The van der Waals surface area contributed by atoms with E-state index >= 15 is 0 Å². The number of hydrogen-bond acceptors (Lipinski definition) is 5. The average Bonchev–Trinajstić information content (AvgIpc) is 3.41. The third-order valence-corrected chi connectivity index (χ3v) is 6.50. The molecule has 1 aromatic carbocycles. The number of benzene rings is 1. The van der Waals surface area contributed by atoms with Crippen LogP contribution in [-0.4, -0.2) is 9.55 Å². The summed E-state index contributed by atoms with van der Waals surface area (Å²) in [5.74, 6) is -2.19. The molecule has 3 heterocycles. The van der Waals surface area contributed by atoms with Crippen molar-refractivity contribution in [2.45, 2.75) is 18.3 Å². The van der Waals surface area contributed by atoms with Crippen molar-refractivity contribution in [3.8, 4) is 28.7 Å². The molecule has 0 spiro atoms. The van der Waals surface area contributed by atoms with Crippen molar-refractivity contribution in [1.82, 2.24) is 9.55 Å².